The van der Waals surface area contributed by atoms with Gasteiger partial charge < -0.3 is 11.5 Å². The Balaban J connectivity index is 2.21. The average Bonchev–Trinajstić information content (AvgIpc) is 2.73. The molecule has 0 fully saturated rings. The van der Waals surface area contributed by atoms with Crippen LogP contribution in [0.2, 0.25) is 0 Å². The number of nitrogens with two attached hydrogens (primary N) is 2. The summed E-state index contributed by atoms with van der Waals surface area (Å²) in [5.41, 5.74) is 14.9. The number of aromatic nitrogens is 2. The lowest BCUT2D eigenvalue weighted by Gasteiger charge is -2.04. The summed E-state index contributed by atoms with van der Waals surface area (Å²) >= 11 is 0. The zero-order chi connectivity index (χ0) is 11.8. The molecule has 0 spiro atoms. The summed E-state index contributed by atoms with van der Waals surface area (Å²) in [5.74, 6) is 0. The summed E-state index contributed by atoms with van der Waals surface area (Å²) in [7, 11) is 0. The van der Waals surface area contributed by atoms with E-state index in [1.165, 1.54) is 0 Å². The zero-order valence-electron chi connectivity index (χ0n) is 9.17. The van der Waals surface area contributed by atoms with Crippen LogP contribution < -0.4 is 11.5 Å². The van der Waals surface area contributed by atoms with Gasteiger partial charge in [0.2, 0.25) is 0 Å². The van der Waals surface area contributed by atoms with E-state index in [1.807, 2.05) is 53.3 Å². The van der Waals surface area contributed by atoms with Crippen LogP contribution in [-0.2, 0) is 0 Å². The lowest BCUT2D eigenvalue weighted by molar-refractivity contribution is 0.911. The molecule has 0 radical (unpaired) electrons. The minimum absolute atomic E-state index is 0.745. The molecule has 3 aromatic rings. The molecule has 0 saturated heterocycles. The fourth-order valence-electron chi connectivity index (χ4n) is 1.87. The van der Waals surface area contributed by atoms with Crippen LogP contribution in [0.4, 0.5) is 11.4 Å². The van der Waals surface area contributed by atoms with Crippen LogP contribution in [-0.4, -0.2) is 9.78 Å². The number of hydrogen-bond acceptors (Lipinski definition) is 3. The first-order chi connectivity index (χ1) is 8.24. The van der Waals surface area contributed by atoms with Crippen LogP contribution in [0.1, 0.15) is 0 Å². The van der Waals surface area contributed by atoms with E-state index in [4.69, 9.17) is 11.5 Å². The van der Waals surface area contributed by atoms with Gasteiger partial charge in [-0.25, -0.2) is 4.68 Å². The van der Waals surface area contributed by atoms with E-state index in [9.17, 15) is 0 Å². The predicted molar refractivity (Wildman–Crippen MR) is 69.9 cm³/mol. The molecule has 84 valence electrons. The normalized spacial score (nSPS) is 10.8. The monoisotopic (exact) mass is 224 g/mol. The fourth-order valence-corrected chi connectivity index (χ4v) is 1.87. The van der Waals surface area contributed by atoms with Crippen LogP contribution in [0.5, 0.6) is 0 Å². The van der Waals surface area contributed by atoms with Crippen LogP contribution in [0.3, 0.4) is 0 Å². The molecule has 0 aliphatic carbocycles. The quantitative estimate of drug-likeness (QED) is 0.622. The fraction of sp³-hybridized carbons (Fsp3) is 0. The molecule has 1 aromatic heterocycles. The molecule has 2 aromatic carbocycles. The Kier molecular flexibility index (Phi) is 2.01. The van der Waals surface area contributed by atoms with Crippen molar-refractivity contribution in [1.29, 1.82) is 0 Å². The Morgan fingerprint density at radius 2 is 1.59 bits per heavy atom. The first-order valence-corrected chi connectivity index (χ1v) is 5.33. The van der Waals surface area contributed by atoms with Gasteiger partial charge in [0, 0.05) is 16.8 Å². The smallest absolute Gasteiger partial charge is 0.0742 e. The molecule has 4 nitrogen and oxygen atoms in total. The van der Waals surface area contributed by atoms with Gasteiger partial charge in [0.1, 0.15) is 0 Å². The van der Waals surface area contributed by atoms with Crippen molar-refractivity contribution >= 4 is 22.3 Å². The molecule has 0 amide bonds. The van der Waals surface area contributed by atoms with Crippen molar-refractivity contribution in [3.8, 4) is 5.69 Å². The first kappa shape index (κ1) is 9.72. The number of fused-ring (bicyclic) bond motifs is 1. The zero-order valence-corrected chi connectivity index (χ0v) is 9.17. The molecule has 0 unspecified atom stereocenters. The second-order valence-electron chi connectivity index (χ2n) is 3.97. The van der Waals surface area contributed by atoms with Crippen molar-refractivity contribution in [3.63, 3.8) is 0 Å². The van der Waals surface area contributed by atoms with Crippen molar-refractivity contribution in [2.75, 3.05) is 11.5 Å². The number of nitrogens with zero attached hydrogens (tertiary/aromatic N) is 2. The average molecular weight is 224 g/mol. The van der Waals surface area contributed by atoms with E-state index >= 15 is 0 Å². The first-order valence-electron chi connectivity index (χ1n) is 5.33. The van der Waals surface area contributed by atoms with Crippen LogP contribution in [0.25, 0.3) is 16.6 Å². The molecule has 1 heterocycles. The highest BCUT2D eigenvalue weighted by Gasteiger charge is 2.04. The Morgan fingerprint density at radius 3 is 2.35 bits per heavy atom. The summed E-state index contributed by atoms with van der Waals surface area (Å²) in [6.07, 6.45) is 1.81. The Labute approximate surface area is 98.5 Å². The maximum Gasteiger partial charge on any atom is 0.0742 e. The summed E-state index contributed by atoms with van der Waals surface area (Å²) in [4.78, 5) is 0. The van der Waals surface area contributed by atoms with Gasteiger partial charge in [0.25, 0.3) is 0 Å². The van der Waals surface area contributed by atoms with E-state index in [-0.39, 0.29) is 0 Å². The van der Waals surface area contributed by atoms with E-state index in [1.54, 1.807) is 0 Å². The number of hydrogen-bond donors (Lipinski definition) is 2. The van der Waals surface area contributed by atoms with Crippen LogP contribution >= 0.6 is 0 Å². The standard InChI is InChI=1S/C13H12N4/c14-10-1-4-12(5-2-10)17-13-6-3-11(15)7-9(13)8-16-17/h1-8H,14-15H2. The van der Waals surface area contributed by atoms with Gasteiger partial charge in [-0.2, -0.15) is 5.10 Å². The molecular weight excluding hydrogens is 212 g/mol. The molecular formula is C13H12N4. The summed E-state index contributed by atoms with van der Waals surface area (Å²) in [6.45, 7) is 0. The SMILES string of the molecule is Nc1ccc(-n2ncc3cc(N)ccc32)cc1. The van der Waals surface area contributed by atoms with Crippen molar-refractivity contribution in [2.24, 2.45) is 0 Å². The Hall–Kier alpha value is -2.49. The number of benzene rings is 2. The third kappa shape index (κ3) is 1.59. The third-order valence-electron chi connectivity index (χ3n) is 2.73. The molecule has 0 bridgehead atoms. The predicted octanol–water partition coefficient (Wildman–Crippen LogP) is 2.19. The molecule has 4 heteroatoms. The highest BCUT2D eigenvalue weighted by molar-refractivity contribution is 5.83. The van der Waals surface area contributed by atoms with Gasteiger partial charge in [-0.05, 0) is 42.5 Å². The van der Waals surface area contributed by atoms with E-state index in [2.05, 4.69) is 5.10 Å². The molecule has 0 saturated carbocycles. The highest BCUT2D eigenvalue weighted by atomic mass is 15.3. The molecule has 3 rings (SSSR count). The van der Waals surface area contributed by atoms with Gasteiger partial charge in [0.15, 0.2) is 0 Å². The third-order valence-corrected chi connectivity index (χ3v) is 2.73. The van der Waals surface area contributed by atoms with E-state index in [0.717, 1.165) is 28.0 Å². The second kappa shape index (κ2) is 3.52. The largest absolute Gasteiger partial charge is 0.399 e. The Morgan fingerprint density at radius 1 is 0.882 bits per heavy atom. The topological polar surface area (TPSA) is 69.9 Å². The maximum absolute atomic E-state index is 5.74. The Bertz CT molecular complexity index is 667. The van der Waals surface area contributed by atoms with Gasteiger partial charge >= 0.3 is 0 Å². The molecule has 4 N–H and O–H groups in total. The van der Waals surface area contributed by atoms with Gasteiger partial charge in [0.05, 0.1) is 17.4 Å². The van der Waals surface area contributed by atoms with Crippen molar-refractivity contribution in [2.45, 2.75) is 0 Å². The minimum Gasteiger partial charge on any atom is -0.399 e. The van der Waals surface area contributed by atoms with Crippen LogP contribution in [0, 0.1) is 0 Å². The van der Waals surface area contributed by atoms with Crippen molar-refractivity contribution in [1.82, 2.24) is 9.78 Å². The lowest BCUT2D eigenvalue weighted by Crippen LogP contribution is -1.96. The molecule has 0 aliphatic rings. The van der Waals surface area contributed by atoms with Gasteiger partial charge in [-0.3, -0.25) is 0 Å². The molecule has 17 heavy (non-hydrogen) atoms. The molecule has 0 atom stereocenters. The summed E-state index contributed by atoms with van der Waals surface area (Å²) in [5, 5.41) is 5.39. The molecule has 0 aliphatic heterocycles. The van der Waals surface area contributed by atoms with E-state index in [0.29, 0.717) is 0 Å². The highest BCUT2D eigenvalue weighted by Crippen LogP contribution is 2.20. The lowest BCUT2D eigenvalue weighted by atomic mass is 10.2. The summed E-state index contributed by atoms with van der Waals surface area (Å²) < 4.78 is 1.87. The summed E-state index contributed by atoms with van der Waals surface area (Å²) in [6, 6.07) is 13.4. The van der Waals surface area contributed by atoms with Gasteiger partial charge in [-0.1, -0.05) is 0 Å². The number of rotatable bonds is 1. The van der Waals surface area contributed by atoms with Crippen molar-refractivity contribution < 1.29 is 0 Å². The van der Waals surface area contributed by atoms with Gasteiger partial charge in [-0.15, -0.1) is 0 Å². The number of nitrogen functional groups attached to an aromatic ring is 2. The minimum atomic E-state index is 0.745. The number of anilines is 2. The van der Waals surface area contributed by atoms with Crippen molar-refractivity contribution in [3.05, 3.63) is 48.7 Å². The van der Waals surface area contributed by atoms with E-state index < -0.39 is 0 Å². The maximum atomic E-state index is 5.74. The second-order valence-corrected chi connectivity index (χ2v) is 3.97. The van der Waals surface area contributed by atoms with Crippen LogP contribution in [0.15, 0.2) is 48.7 Å².